The second-order valence-corrected chi connectivity index (χ2v) is 5.33. The number of aryl methyl sites for hydroxylation is 1. The number of hydrogen-bond acceptors (Lipinski definition) is 2. The van der Waals surface area contributed by atoms with Gasteiger partial charge in [0.1, 0.15) is 5.75 Å². The van der Waals surface area contributed by atoms with Crippen molar-refractivity contribution in [1.82, 2.24) is 9.88 Å². The zero-order valence-electron chi connectivity index (χ0n) is 14.5. The molecule has 0 amide bonds. The highest BCUT2D eigenvalue weighted by molar-refractivity contribution is 5.86. The van der Waals surface area contributed by atoms with Crippen LogP contribution in [0.1, 0.15) is 28.2 Å². The van der Waals surface area contributed by atoms with Crippen LogP contribution in [-0.2, 0) is 6.42 Å². The van der Waals surface area contributed by atoms with E-state index in [1.807, 2.05) is 18.2 Å². The summed E-state index contributed by atoms with van der Waals surface area (Å²) in [6.45, 7) is 0.710. The van der Waals surface area contributed by atoms with Crippen molar-refractivity contribution in [1.29, 1.82) is 0 Å². The first-order chi connectivity index (χ1) is 10.4. The molecule has 2 heterocycles. The van der Waals surface area contributed by atoms with E-state index in [0.29, 0.717) is 6.54 Å². The van der Waals surface area contributed by atoms with Crippen molar-refractivity contribution in [2.75, 3.05) is 20.6 Å². The third-order valence-electron chi connectivity index (χ3n) is 4.14. The lowest BCUT2D eigenvalue weighted by Crippen LogP contribution is -2.26. The van der Waals surface area contributed by atoms with Gasteiger partial charge in [-0.2, -0.15) is 0 Å². The smallest absolute Gasteiger partial charge is 0.119 e. The Kier molecular flexibility index (Phi) is 2.43. The predicted molar refractivity (Wildman–Crippen MR) is 78.9 cm³/mol. The fraction of sp³-hybridized carbons (Fsp3) is 0.500. The molecule has 3 heteroatoms. The van der Waals surface area contributed by atoms with Crippen LogP contribution in [0.2, 0.25) is 0 Å². The molecule has 1 saturated heterocycles. The Morgan fingerprint density at radius 1 is 1.53 bits per heavy atom. The molecule has 3 rings (SSSR count). The maximum atomic E-state index is 7.70. The molecule has 1 aromatic carbocycles. The first-order valence-corrected chi connectivity index (χ1v) is 6.82. The zero-order chi connectivity index (χ0) is 15.9. The number of likely N-dealkylation sites (N-methyl/N-ethyl adjacent to an activating group) is 1. The molecule has 1 aliphatic rings. The van der Waals surface area contributed by atoms with Gasteiger partial charge in [-0.15, -0.1) is 0 Å². The summed E-state index contributed by atoms with van der Waals surface area (Å²) in [4.78, 5) is 5.06. The number of ether oxygens (including phenoxy) is 1. The number of aromatic nitrogens is 1. The summed E-state index contributed by atoms with van der Waals surface area (Å²) in [5, 5.41) is 1.13. The highest BCUT2D eigenvalue weighted by atomic mass is 16.5. The highest BCUT2D eigenvalue weighted by Crippen LogP contribution is 2.29. The molecule has 1 aromatic heterocycles. The van der Waals surface area contributed by atoms with Crippen LogP contribution in [0.4, 0.5) is 0 Å². The Balaban J connectivity index is 1.94. The van der Waals surface area contributed by atoms with E-state index in [-0.39, 0.29) is 6.04 Å². The molecule has 1 fully saturated rings. The van der Waals surface area contributed by atoms with Gasteiger partial charge in [-0.05, 0) is 63.5 Å². The molecule has 19 heavy (non-hydrogen) atoms. The van der Waals surface area contributed by atoms with Crippen LogP contribution in [-0.4, -0.2) is 36.6 Å². The monoisotopic (exact) mass is 261 g/mol. The number of likely N-dealkylation sites (tertiary alicyclic amines) is 1. The van der Waals surface area contributed by atoms with E-state index in [1.165, 1.54) is 5.56 Å². The molecule has 0 bridgehead atoms. The third kappa shape index (κ3) is 2.23. The van der Waals surface area contributed by atoms with Crippen LogP contribution >= 0.6 is 0 Å². The minimum absolute atomic E-state index is 0.0800. The predicted octanol–water partition coefficient (Wildman–Crippen LogP) is 3.12. The van der Waals surface area contributed by atoms with Gasteiger partial charge in [-0.1, -0.05) is 0 Å². The van der Waals surface area contributed by atoms with E-state index < -0.39 is 6.98 Å². The van der Waals surface area contributed by atoms with Crippen molar-refractivity contribution in [3.05, 3.63) is 29.5 Å². The Morgan fingerprint density at radius 3 is 3.21 bits per heavy atom. The second-order valence-electron chi connectivity index (χ2n) is 5.33. The Labute approximate surface area is 118 Å². The number of aromatic amines is 1. The first kappa shape index (κ1) is 9.43. The van der Waals surface area contributed by atoms with Crippen LogP contribution in [0.5, 0.6) is 5.75 Å². The summed E-state index contributed by atoms with van der Waals surface area (Å²) in [6, 6.07) is 6.06. The summed E-state index contributed by atoms with van der Waals surface area (Å²) in [7, 11) is 1.66. The molecule has 1 N–H and O–H groups in total. The highest BCUT2D eigenvalue weighted by Gasteiger charge is 2.23. The number of methoxy groups -OCH3 is 1. The van der Waals surface area contributed by atoms with Crippen LogP contribution in [0.3, 0.4) is 0 Å². The van der Waals surface area contributed by atoms with Gasteiger partial charge in [-0.25, -0.2) is 0 Å². The molecule has 0 saturated carbocycles. The van der Waals surface area contributed by atoms with E-state index in [2.05, 4.69) is 11.9 Å². The van der Waals surface area contributed by atoms with Crippen molar-refractivity contribution >= 4 is 10.9 Å². The van der Waals surface area contributed by atoms with Gasteiger partial charge in [0.15, 0.2) is 0 Å². The summed E-state index contributed by atoms with van der Waals surface area (Å²) in [5.74, 6) is 0.826. The van der Waals surface area contributed by atoms with E-state index in [9.17, 15) is 0 Å². The van der Waals surface area contributed by atoms with Gasteiger partial charge in [0.2, 0.25) is 0 Å². The molecule has 1 aliphatic heterocycles. The topological polar surface area (TPSA) is 28.3 Å². The van der Waals surface area contributed by atoms with Crippen LogP contribution in [0, 0.1) is 6.92 Å². The summed E-state index contributed by atoms with van der Waals surface area (Å²) < 4.78 is 28.4. The molecule has 3 nitrogen and oxygen atoms in total. The van der Waals surface area contributed by atoms with Crippen molar-refractivity contribution in [2.24, 2.45) is 0 Å². The van der Waals surface area contributed by atoms with E-state index in [0.717, 1.165) is 41.6 Å². The van der Waals surface area contributed by atoms with Crippen LogP contribution in [0.25, 0.3) is 10.9 Å². The number of H-pyrrole nitrogens is 1. The number of nitrogens with zero attached hydrogens (tertiary/aromatic N) is 1. The average molecular weight is 261 g/mol. The van der Waals surface area contributed by atoms with E-state index in [4.69, 9.17) is 8.85 Å². The van der Waals surface area contributed by atoms with Crippen molar-refractivity contribution in [3.63, 3.8) is 0 Å². The molecule has 1 atom stereocenters. The molecule has 2 aromatic rings. The summed E-state index contributed by atoms with van der Waals surface area (Å²) >= 11 is 0. The van der Waals surface area contributed by atoms with Gasteiger partial charge in [-0.3, -0.25) is 0 Å². The number of benzene rings is 1. The quantitative estimate of drug-likeness (QED) is 0.919. The fourth-order valence-electron chi connectivity index (χ4n) is 3.04. The number of hydrogen-bond donors (Lipinski definition) is 1. The largest absolute Gasteiger partial charge is 0.497 e. The van der Waals surface area contributed by atoms with Gasteiger partial charge < -0.3 is 14.6 Å². The Hall–Kier alpha value is -1.48. The van der Waals surface area contributed by atoms with Gasteiger partial charge >= 0.3 is 0 Å². The van der Waals surface area contributed by atoms with Crippen LogP contribution < -0.4 is 4.74 Å². The molecule has 0 radical (unpaired) electrons. The minimum atomic E-state index is -2.00. The lowest BCUT2D eigenvalue weighted by Gasteiger charge is -2.19. The molecule has 0 unspecified atom stereocenters. The average Bonchev–Trinajstić information content (AvgIpc) is 3.04. The minimum Gasteiger partial charge on any atom is -0.497 e. The Morgan fingerprint density at radius 2 is 2.42 bits per heavy atom. The zero-order valence-corrected chi connectivity index (χ0v) is 11.5. The Bertz CT molecular complexity index is 678. The molecular formula is C16H22N2O. The molecule has 0 spiro atoms. The second kappa shape index (κ2) is 4.89. The molecular weight excluding hydrogens is 236 g/mol. The number of nitrogens with one attached hydrogen (secondary N) is 1. The van der Waals surface area contributed by atoms with Crippen molar-refractivity contribution < 1.29 is 8.85 Å². The lowest BCUT2D eigenvalue weighted by atomic mass is 10.0. The normalized spacial score (nSPS) is 23.3. The van der Waals surface area contributed by atoms with Crippen LogP contribution in [0.15, 0.2) is 18.2 Å². The number of fused-ring (bicyclic) bond motifs is 1. The first-order valence-electron chi connectivity index (χ1n) is 8.32. The molecule has 0 aliphatic carbocycles. The fourth-order valence-corrected chi connectivity index (χ4v) is 3.04. The van der Waals surface area contributed by atoms with Gasteiger partial charge in [0, 0.05) is 26.8 Å². The van der Waals surface area contributed by atoms with Gasteiger partial charge in [0.05, 0.1) is 7.11 Å². The SMILES string of the molecule is [2H]C([2H])([2H])N1CCC[C@@H]1Cc1c(C)[nH]c2ccc(OC)cc12. The molecule has 102 valence electrons. The van der Waals surface area contributed by atoms with E-state index >= 15 is 0 Å². The van der Waals surface area contributed by atoms with Gasteiger partial charge in [0.25, 0.3) is 0 Å². The maximum absolute atomic E-state index is 7.70. The van der Waals surface area contributed by atoms with E-state index in [1.54, 1.807) is 12.0 Å². The third-order valence-corrected chi connectivity index (χ3v) is 4.14. The summed E-state index contributed by atoms with van der Waals surface area (Å²) in [5.41, 5.74) is 3.39. The standard InChI is InChI=1S/C16H22N2O/c1-11-14(9-12-5-4-8-18(12)2)15-10-13(19-3)6-7-16(15)17-11/h6-7,10,12,17H,4-5,8-9H2,1-3H3/t12-/m1/s1/i2D3. The van der Waals surface area contributed by atoms with Crippen molar-refractivity contribution in [3.8, 4) is 5.75 Å². The van der Waals surface area contributed by atoms with Crippen molar-refractivity contribution in [2.45, 2.75) is 32.2 Å². The number of rotatable bonds is 3. The lowest BCUT2D eigenvalue weighted by molar-refractivity contribution is 0.309. The summed E-state index contributed by atoms with van der Waals surface area (Å²) in [6.07, 6.45) is 2.65. The maximum Gasteiger partial charge on any atom is 0.119 e.